The Morgan fingerprint density at radius 2 is 0.486 bits per heavy atom. The molecule has 0 rings (SSSR count). The molecule has 105 heavy (non-hydrogen) atoms. The van der Waals surface area contributed by atoms with Gasteiger partial charge in [-0.2, -0.15) is 0 Å². The predicted molar refractivity (Wildman–Crippen MR) is 432 cm³/mol. The molecule has 0 saturated carbocycles. The van der Waals surface area contributed by atoms with E-state index in [9.17, 15) is 43.2 Å². The molecule has 0 aliphatic rings. The number of rotatable bonds is 85. The summed E-state index contributed by atoms with van der Waals surface area (Å²) in [7, 11) is -9.93. The standard InChI is InChI=1S/C86H168O17P2/c1-7-10-12-14-16-18-20-22-24-26-28-30-32-37-41-45-49-56-62-68-83(88)96-74-81(102-85(90)70-64-58-50-46-42-38-33-31-29-27-25-23-21-19-17-15-13-11-8-2)76-100-104(92,93)98-72-80(87)73-99-105(94,95)101-77-82(75-97-84(89)69-63-57-53-52-54-60-66-78(4)5)103-86(91)71-65-59-51-47-43-39-35-34-36-40-44-48-55-61-67-79(6)9-3/h78-82,87H,7-77H2,1-6H3,(H,92,93)(H,94,95)/t79?,80-,81-,82-/m1/s1. The second-order valence-corrected chi connectivity index (χ2v) is 34.6. The number of unbranched alkanes of at least 4 members (excludes halogenated alkanes) is 54. The van der Waals surface area contributed by atoms with Crippen molar-refractivity contribution in [1.29, 1.82) is 0 Å². The fourth-order valence-corrected chi connectivity index (χ4v) is 15.0. The molecule has 3 N–H and O–H groups in total. The second-order valence-electron chi connectivity index (χ2n) is 31.6. The zero-order chi connectivity index (χ0) is 77.1. The molecule has 0 aromatic heterocycles. The lowest BCUT2D eigenvalue weighted by molar-refractivity contribution is -0.161. The number of ether oxygens (including phenoxy) is 4. The Kier molecular flexibility index (Phi) is 76.0. The van der Waals surface area contributed by atoms with Crippen LogP contribution in [-0.2, 0) is 65.4 Å². The number of esters is 4. The van der Waals surface area contributed by atoms with Crippen LogP contribution in [0.25, 0.3) is 0 Å². The molecule has 0 spiro atoms. The van der Waals surface area contributed by atoms with Gasteiger partial charge in [-0.15, -0.1) is 0 Å². The van der Waals surface area contributed by atoms with Gasteiger partial charge in [0.2, 0.25) is 0 Å². The third-order valence-corrected chi connectivity index (χ3v) is 22.5. The molecule has 0 saturated heterocycles. The summed E-state index contributed by atoms with van der Waals surface area (Å²) in [6.07, 6.45) is 69.6. The van der Waals surface area contributed by atoms with Crippen LogP contribution in [0, 0.1) is 11.8 Å². The summed E-state index contributed by atoms with van der Waals surface area (Å²) < 4.78 is 68.9. The number of aliphatic hydroxyl groups is 1. The number of carbonyl (C=O) groups excluding carboxylic acids is 4. The molecule has 17 nitrogen and oxygen atoms in total. The third-order valence-electron chi connectivity index (χ3n) is 20.6. The number of aliphatic hydroxyl groups excluding tert-OH is 1. The summed E-state index contributed by atoms with van der Waals surface area (Å²) >= 11 is 0. The van der Waals surface area contributed by atoms with Crippen molar-refractivity contribution >= 4 is 39.5 Å². The number of carbonyl (C=O) groups is 4. The number of hydrogen-bond donors (Lipinski definition) is 3. The quantitative estimate of drug-likeness (QED) is 0.0222. The van der Waals surface area contributed by atoms with E-state index >= 15 is 0 Å². The SMILES string of the molecule is CCCCCCCCCCCCCCCCCCCCCC(=O)OC[C@H](COP(=O)(O)OC[C@@H](O)COP(=O)(O)OC[C@@H](COC(=O)CCCCCCCCC(C)C)OC(=O)CCCCCCCCCCCCCCCCC(C)CC)OC(=O)CCCCCCCCCCCCCCCCCCCCC. The fraction of sp³-hybridized carbons (Fsp3) is 0.953. The number of phosphoric ester groups is 2. The second kappa shape index (κ2) is 77.4. The molecule has 0 aromatic carbocycles. The molecule has 624 valence electrons. The van der Waals surface area contributed by atoms with Gasteiger partial charge in [0, 0.05) is 25.7 Å². The first-order valence-corrected chi connectivity index (χ1v) is 47.5. The van der Waals surface area contributed by atoms with Gasteiger partial charge in [-0.25, -0.2) is 9.13 Å². The van der Waals surface area contributed by atoms with Crippen molar-refractivity contribution < 1.29 is 80.2 Å². The van der Waals surface area contributed by atoms with Gasteiger partial charge in [0.15, 0.2) is 12.2 Å². The summed E-state index contributed by atoms with van der Waals surface area (Å²) in [4.78, 5) is 73.2. The summed E-state index contributed by atoms with van der Waals surface area (Å²) in [5.41, 5.74) is 0. The van der Waals surface area contributed by atoms with Crippen molar-refractivity contribution in [2.45, 2.75) is 477 Å². The summed E-state index contributed by atoms with van der Waals surface area (Å²) in [5.74, 6) is -0.579. The van der Waals surface area contributed by atoms with Crippen LogP contribution >= 0.6 is 15.6 Å². The molecular weight excluding hydrogens is 1370 g/mol. The van der Waals surface area contributed by atoms with Gasteiger partial charge in [0.05, 0.1) is 26.4 Å². The first-order chi connectivity index (χ1) is 50.9. The van der Waals surface area contributed by atoms with E-state index in [-0.39, 0.29) is 25.7 Å². The monoisotopic (exact) mass is 1540 g/mol. The largest absolute Gasteiger partial charge is 0.472 e. The van der Waals surface area contributed by atoms with Crippen molar-refractivity contribution in [3.8, 4) is 0 Å². The van der Waals surface area contributed by atoms with Crippen molar-refractivity contribution in [2.75, 3.05) is 39.6 Å². The molecule has 0 heterocycles. The molecule has 19 heteroatoms. The Labute approximate surface area is 645 Å². The third kappa shape index (κ3) is 78.5. The van der Waals surface area contributed by atoms with Crippen molar-refractivity contribution in [2.24, 2.45) is 11.8 Å². The number of hydrogen-bond acceptors (Lipinski definition) is 15. The van der Waals surface area contributed by atoms with Crippen LogP contribution in [0.2, 0.25) is 0 Å². The van der Waals surface area contributed by atoms with Gasteiger partial charge >= 0.3 is 39.5 Å². The van der Waals surface area contributed by atoms with E-state index in [1.165, 1.54) is 270 Å². The molecule has 0 aliphatic heterocycles. The molecule has 0 aromatic rings. The first kappa shape index (κ1) is 103. The van der Waals surface area contributed by atoms with Crippen molar-refractivity contribution in [1.82, 2.24) is 0 Å². The normalized spacial score (nSPS) is 14.1. The maximum atomic E-state index is 13.1. The molecule has 0 bridgehead atoms. The number of phosphoric acid groups is 2. The van der Waals surface area contributed by atoms with Gasteiger partial charge in [0.25, 0.3) is 0 Å². The predicted octanol–water partition coefficient (Wildman–Crippen LogP) is 26.2. The van der Waals surface area contributed by atoms with E-state index in [0.717, 1.165) is 102 Å². The zero-order valence-corrected chi connectivity index (χ0v) is 70.8. The highest BCUT2D eigenvalue weighted by molar-refractivity contribution is 7.47. The van der Waals surface area contributed by atoms with Crippen LogP contribution in [-0.4, -0.2) is 96.7 Å². The van der Waals surface area contributed by atoms with Crippen molar-refractivity contribution in [3.05, 3.63) is 0 Å². The topological polar surface area (TPSA) is 237 Å². The molecule has 0 amide bonds. The lowest BCUT2D eigenvalue weighted by Gasteiger charge is -2.21. The highest BCUT2D eigenvalue weighted by Crippen LogP contribution is 2.45. The van der Waals surface area contributed by atoms with E-state index in [1.807, 2.05) is 0 Å². The van der Waals surface area contributed by atoms with E-state index in [1.54, 1.807) is 0 Å². The van der Waals surface area contributed by atoms with Crippen LogP contribution in [0.5, 0.6) is 0 Å². The summed E-state index contributed by atoms with van der Waals surface area (Å²) in [5, 5.41) is 10.7. The minimum absolute atomic E-state index is 0.107. The van der Waals surface area contributed by atoms with E-state index < -0.39 is 97.5 Å². The van der Waals surface area contributed by atoms with Gasteiger partial charge in [-0.05, 0) is 37.5 Å². The van der Waals surface area contributed by atoms with Gasteiger partial charge in [-0.3, -0.25) is 37.3 Å². The average Bonchev–Trinajstić information content (AvgIpc) is 0.907. The Bertz CT molecular complexity index is 2010. The van der Waals surface area contributed by atoms with Crippen molar-refractivity contribution in [3.63, 3.8) is 0 Å². The maximum absolute atomic E-state index is 13.1. The Hall–Kier alpha value is -1.94. The minimum Gasteiger partial charge on any atom is -0.462 e. The lowest BCUT2D eigenvalue weighted by atomic mass is 9.99. The molecular formula is C86H168O17P2. The van der Waals surface area contributed by atoms with E-state index in [2.05, 4.69) is 41.5 Å². The zero-order valence-electron chi connectivity index (χ0n) is 69.0. The van der Waals surface area contributed by atoms with Crippen LogP contribution in [0.1, 0.15) is 459 Å². The lowest BCUT2D eigenvalue weighted by Crippen LogP contribution is -2.30. The van der Waals surface area contributed by atoms with Crippen LogP contribution < -0.4 is 0 Å². The minimum atomic E-state index is -4.97. The Morgan fingerprint density at radius 3 is 0.724 bits per heavy atom. The molecule has 3 unspecified atom stereocenters. The van der Waals surface area contributed by atoms with Crippen LogP contribution in [0.3, 0.4) is 0 Å². The highest BCUT2D eigenvalue weighted by atomic mass is 31.2. The van der Waals surface area contributed by atoms with Crippen LogP contribution in [0.15, 0.2) is 0 Å². The summed E-state index contributed by atoms with van der Waals surface area (Å²) in [6, 6.07) is 0. The first-order valence-electron chi connectivity index (χ1n) is 44.5. The average molecular weight is 1540 g/mol. The molecule has 0 fully saturated rings. The van der Waals surface area contributed by atoms with Gasteiger partial charge < -0.3 is 33.8 Å². The Balaban J connectivity index is 5.21. The van der Waals surface area contributed by atoms with E-state index in [0.29, 0.717) is 31.6 Å². The van der Waals surface area contributed by atoms with Gasteiger partial charge in [0.1, 0.15) is 19.3 Å². The Morgan fingerprint density at radius 1 is 0.276 bits per heavy atom. The highest BCUT2D eigenvalue weighted by Gasteiger charge is 2.30. The van der Waals surface area contributed by atoms with E-state index in [4.69, 9.17) is 37.0 Å². The molecule has 6 atom stereocenters. The molecule has 0 aliphatic carbocycles. The maximum Gasteiger partial charge on any atom is 0.472 e. The fourth-order valence-electron chi connectivity index (χ4n) is 13.4. The molecule has 0 radical (unpaired) electrons. The summed E-state index contributed by atoms with van der Waals surface area (Å²) in [6.45, 7) is 9.64. The van der Waals surface area contributed by atoms with Crippen LogP contribution in [0.4, 0.5) is 0 Å². The smallest absolute Gasteiger partial charge is 0.462 e. The van der Waals surface area contributed by atoms with Gasteiger partial charge in [-0.1, -0.05) is 408 Å².